The lowest BCUT2D eigenvalue weighted by Crippen LogP contribution is -2.15. The molecular weight excluding hydrogens is 216 g/mol. The second-order valence-corrected chi connectivity index (χ2v) is 4.20. The van der Waals surface area contributed by atoms with Crippen LogP contribution in [0, 0.1) is 0 Å². The van der Waals surface area contributed by atoms with Crippen molar-refractivity contribution in [2.45, 2.75) is 51.9 Å². The largest absolute Gasteiger partial charge is 0.356 e. The SMILES string of the molecule is CCCCCCCCCNc1ncnc(=O)[nH]1. The standard InChI is InChI=1S/C12H22N4O/c1-2-3-4-5-6-7-8-9-13-11-14-10-15-12(17)16-11/h10H,2-9H2,1H3,(H2,13,14,15,16,17). The van der Waals surface area contributed by atoms with Crippen LogP contribution in [0.15, 0.2) is 11.1 Å². The van der Waals surface area contributed by atoms with E-state index < -0.39 is 0 Å². The maximum absolute atomic E-state index is 10.9. The summed E-state index contributed by atoms with van der Waals surface area (Å²) in [7, 11) is 0. The molecule has 0 saturated heterocycles. The number of aromatic nitrogens is 3. The van der Waals surface area contributed by atoms with Crippen LogP contribution in [0.3, 0.4) is 0 Å². The highest BCUT2D eigenvalue weighted by atomic mass is 16.1. The van der Waals surface area contributed by atoms with E-state index in [1.54, 1.807) is 0 Å². The molecule has 0 spiro atoms. The van der Waals surface area contributed by atoms with Gasteiger partial charge in [0.05, 0.1) is 0 Å². The van der Waals surface area contributed by atoms with E-state index in [4.69, 9.17) is 0 Å². The molecule has 0 aromatic carbocycles. The van der Waals surface area contributed by atoms with Crippen LogP contribution in [0.4, 0.5) is 5.95 Å². The van der Waals surface area contributed by atoms with Gasteiger partial charge in [-0.2, -0.15) is 4.98 Å². The van der Waals surface area contributed by atoms with Crippen LogP contribution in [-0.4, -0.2) is 21.5 Å². The minimum absolute atomic E-state index is 0.359. The molecule has 1 aromatic rings. The van der Waals surface area contributed by atoms with Gasteiger partial charge in [-0.1, -0.05) is 45.4 Å². The van der Waals surface area contributed by atoms with Gasteiger partial charge in [-0.3, -0.25) is 4.98 Å². The summed E-state index contributed by atoms with van der Waals surface area (Å²) < 4.78 is 0. The molecule has 0 atom stereocenters. The molecule has 5 heteroatoms. The summed E-state index contributed by atoms with van der Waals surface area (Å²) in [6.45, 7) is 3.08. The Morgan fingerprint density at radius 2 is 1.82 bits per heavy atom. The minimum atomic E-state index is -0.359. The van der Waals surface area contributed by atoms with Crippen molar-refractivity contribution in [1.82, 2.24) is 15.0 Å². The molecular formula is C12H22N4O. The van der Waals surface area contributed by atoms with Crippen LogP contribution in [0.1, 0.15) is 51.9 Å². The smallest absolute Gasteiger partial charge is 0.349 e. The van der Waals surface area contributed by atoms with Crippen molar-refractivity contribution in [2.75, 3.05) is 11.9 Å². The highest BCUT2D eigenvalue weighted by Crippen LogP contribution is 2.06. The first-order valence-corrected chi connectivity index (χ1v) is 6.48. The van der Waals surface area contributed by atoms with Crippen molar-refractivity contribution in [3.05, 3.63) is 16.8 Å². The van der Waals surface area contributed by atoms with Gasteiger partial charge in [-0.05, 0) is 6.42 Å². The Bertz CT molecular complexity index is 350. The van der Waals surface area contributed by atoms with Crippen molar-refractivity contribution >= 4 is 5.95 Å². The zero-order valence-electron chi connectivity index (χ0n) is 10.5. The quantitative estimate of drug-likeness (QED) is 0.648. The van der Waals surface area contributed by atoms with Gasteiger partial charge in [-0.15, -0.1) is 0 Å². The zero-order valence-corrected chi connectivity index (χ0v) is 10.5. The van der Waals surface area contributed by atoms with Gasteiger partial charge >= 0.3 is 5.69 Å². The predicted molar refractivity (Wildman–Crippen MR) is 69.1 cm³/mol. The van der Waals surface area contributed by atoms with E-state index in [1.165, 1.54) is 44.9 Å². The molecule has 5 nitrogen and oxygen atoms in total. The molecule has 1 rings (SSSR count). The van der Waals surface area contributed by atoms with Crippen molar-refractivity contribution in [2.24, 2.45) is 0 Å². The van der Waals surface area contributed by atoms with Crippen molar-refractivity contribution in [3.63, 3.8) is 0 Å². The first-order valence-electron chi connectivity index (χ1n) is 6.48. The van der Waals surface area contributed by atoms with Crippen LogP contribution in [0.5, 0.6) is 0 Å². The van der Waals surface area contributed by atoms with E-state index >= 15 is 0 Å². The van der Waals surface area contributed by atoms with Crippen LogP contribution in [0.25, 0.3) is 0 Å². The molecule has 0 bridgehead atoms. The summed E-state index contributed by atoms with van der Waals surface area (Å²) in [6.07, 6.45) is 10.2. The molecule has 0 aliphatic rings. The summed E-state index contributed by atoms with van der Waals surface area (Å²) >= 11 is 0. The third-order valence-electron chi connectivity index (χ3n) is 2.66. The summed E-state index contributed by atoms with van der Waals surface area (Å²) in [5.74, 6) is 0.510. The fraction of sp³-hybridized carbons (Fsp3) is 0.750. The number of anilines is 1. The Labute approximate surface area is 102 Å². The third-order valence-corrected chi connectivity index (χ3v) is 2.66. The van der Waals surface area contributed by atoms with Gasteiger partial charge < -0.3 is 5.32 Å². The highest BCUT2D eigenvalue weighted by Gasteiger charge is 1.94. The molecule has 1 heterocycles. The Morgan fingerprint density at radius 1 is 1.12 bits per heavy atom. The lowest BCUT2D eigenvalue weighted by Gasteiger charge is -2.04. The highest BCUT2D eigenvalue weighted by molar-refractivity contribution is 5.19. The van der Waals surface area contributed by atoms with Gasteiger partial charge in [0.25, 0.3) is 0 Å². The number of aromatic amines is 1. The number of nitrogens with zero attached hydrogens (tertiary/aromatic N) is 2. The molecule has 0 radical (unpaired) electrons. The molecule has 2 N–H and O–H groups in total. The first-order chi connectivity index (χ1) is 8.33. The van der Waals surface area contributed by atoms with E-state index in [0.29, 0.717) is 5.95 Å². The Kier molecular flexibility index (Phi) is 7.02. The van der Waals surface area contributed by atoms with Crippen LogP contribution in [-0.2, 0) is 0 Å². The molecule has 0 fully saturated rings. The molecule has 1 aromatic heterocycles. The van der Waals surface area contributed by atoms with E-state index in [0.717, 1.165) is 13.0 Å². The fourth-order valence-electron chi connectivity index (χ4n) is 1.68. The lowest BCUT2D eigenvalue weighted by atomic mass is 10.1. The van der Waals surface area contributed by atoms with E-state index in [-0.39, 0.29) is 5.69 Å². The average molecular weight is 238 g/mol. The zero-order chi connectivity index (χ0) is 12.3. The Balaban J connectivity index is 1.99. The van der Waals surface area contributed by atoms with Crippen molar-refractivity contribution in [1.29, 1.82) is 0 Å². The van der Waals surface area contributed by atoms with Crippen molar-refractivity contribution < 1.29 is 0 Å². The number of unbranched alkanes of at least 4 members (excludes halogenated alkanes) is 6. The third kappa shape index (κ3) is 6.71. The fourth-order valence-corrected chi connectivity index (χ4v) is 1.68. The van der Waals surface area contributed by atoms with Gasteiger partial charge in [-0.25, -0.2) is 9.78 Å². The number of hydrogen-bond acceptors (Lipinski definition) is 4. The summed E-state index contributed by atoms with van der Waals surface area (Å²) in [4.78, 5) is 20.8. The van der Waals surface area contributed by atoms with Crippen LogP contribution >= 0.6 is 0 Å². The second kappa shape index (κ2) is 8.73. The molecule has 0 aliphatic carbocycles. The van der Waals surface area contributed by atoms with Crippen LogP contribution in [0.2, 0.25) is 0 Å². The topological polar surface area (TPSA) is 70.7 Å². The Morgan fingerprint density at radius 3 is 2.53 bits per heavy atom. The number of hydrogen-bond donors (Lipinski definition) is 2. The molecule has 0 aliphatic heterocycles. The second-order valence-electron chi connectivity index (χ2n) is 4.20. The first kappa shape index (κ1) is 13.7. The average Bonchev–Trinajstić information content (AvgIpc) is 2.33. The van der Waals surface area contributed by atoms with Crippen molar-refractivity contribution in [3.8, 4) is 0 Å². The summed E-state index contributed by atoms with van der Waals surface area (Å²) in [6, 6.07) is 0. The molecule has 0 unspecified atom stereocenters. The van der Waals surface area contributed by atoms with Gasteiger partial charge in [0.15, 0.2) is 0 Å². The Hall–Kier alpha value is -1.39. The van der Waals surface area contributed by atoms with E-state index in [1.807, 2.05) is 0 Å². The molecule has 17 heavy (non-hydrogen) atoms. The molecule has 0 amide bonds. The van der Waals surface area contributed by atoms with E-state index in [9.17, 15) is 4.79 Å². The van der Waals surface area contributed by atoms with E-state index in [2.05, 4.69) is 27.2 Å². The monoisotopic (exact) mass is 238 g/mol. The number of H-pyrrole nitrogens is 1. The lowest BCUT2D eigenvalue weighted by molar-refractivity contribution is 0.596. The normalized spacial score (nSPS) is 10.4. The molecule has 0 saturated carbocycles. The van der Waals surface area contributed by atoms with Crippen LogP contribution < -0.4 is 11.0 Å². The maximum Gasteiger partial charge on any atom is 0.349 e. The predicted octanol–water partition coefficient (Wildman–Crippen LogP) is 2.33. The number of rotatable bonds is 9. The van der Waals surface area contributed by atoms with Gasteiger partial charge in [0.1, 0.15) is 6.33 Å². The summed E-state index contributed by atoms with van der Waals surface area (Å²) in [5, 5.41) is 3.08. The molecule has 96 valence electrons. The summed E-state index contributed by atoms with van der Waals surface area (Å²) in [5.41, 5.74) is -0.359. The number of nitrogens with one attached hydrogen (secondary N) is 2. The van der Waals surface area contributed by atoms with Gasteiger partial charge in [0, 0.05) is 6.54 Å². The maximum atomic E-state index is 10.9. The van der Waals surface area contributed by atoms with Gasteiger partial charge in [0.2, 0.25) is 5.95 Å². The minimum Gasteiger partial charge on any atom is -0.356 e.